The number of likely N-dealkylation sites (tertiary alicyclic amines) is 1. The van der Waals surface area contributed by atoms with Crippen LogP contribution in [0.1, 0.15) is 11.1 Å². The fraction of sp³-hybridized carbons (Fsp3) is 0.190. The number of ketones is 1. The summed E-state index contributed by atoms with van der Waals surface area (Å²) in [4.78, 5) is 12.9. The number of nitrogens with zero attached hydrogens (tertiary/aromatic N) is 1. The van der Waals surface area contributed by atoms with E-state index in [4.69, 9.17) is 0 Å². The molecular formula is C21H22NO3+. The topological polar surface area (TPSA) is 57.5 Å². The zero-order valence-electron chi connectivity index (χ0n) is 14.4. The maximum Gasteiger partial charge on any atom is 0.196 e. The van der Waals surface area contributed by atoms with Crippen molar-refractivity contribution >= 4 is 17.9 Å². The average Bonchev–Trinajstić information content (AvgIpc) is 2.55. The van der Waals surface area contributed by atoms with Crippen LogP contribution in [0, 0.1) is 0 Å². The molecule has 128 valence electrons. The van der Waals surface area contributed by atoms with Crippen LogP contribution in [-0.2, 0) is 4.79 Å². The number of likely N-dealkylation sites (N-methyl/N-ethyl adjacent to an activating group) is 1. The Morgan fingerprint density at radius 1 is 0.760 bits per heavy atom. The second kappa shape index (κ2) is 6.57. The monoisotopic (exact) mass is 336 g/mol. The zero-order chi connectivity index (χ0) is 18.0. The molecule has 0 saturated carbocycles. The first kappa shape index (κ1) is 17.0. The molecular weight excluding hydrogens is 314 g/mol. The van der Waals surface area contributed by atoms with Crippen LogP contribution in [0.15, 0.2) is 59.7 Å². The number of rotatable bonds is 2. The van der Waals surface area contributed by atoms with Crippen molar-refractivity contribution in [2.75, 3.05) is 27.2 Å². The summed E-state index contributed by atoms with van der Waals surface area (Å²) in [7, 11) is 4.20. The van der Waals surface area contributed by atoms with Crippen LogP contribution < -0.4 is 0 Å². The van der Waals surface area contributed by atoms with E-state index in [1.807, 2.05) is 12.2 Å². The molecule has 1 fully saturated rings. The SMILES string of the molecule is C[N+]1(C)C/C(=C/c2ccc(O)cc2)C(=O)/C(=C/c2ccc(O)cc2)C1. The minimum Gasteiger partial charge on any atom is -0.508 e. The number of carbonyl (C=O) groups excluding carboxylic acids is 1. The van der Waals surface area contributed by atoms with Gasteiger partial charge in [-0.05, 0) is 47.5 Å². The minimum atomic E-state index is 0.0543. The Labute approximate surface area is 147 Å². The molecule has 0 amide bonds. The van der Waals surface area contributed by atoms with Crippen LogP contribution in [-0.4, -0.2) is 47.7 Å². The van der Waals surface area contributed by atoms with Crippen LogP contribution in [0.3, 0.4) is 0 Å². The summed E-state index contributed by atoms with van der Waals surface area (Å²) in [6, 6.07) is 13.7. The van der Waals surface area contributed by atoms with E-state index in [2.05, 4.69) is 14.1 Å². The molecule has 25 heavy (non-hydrogen) atoms. The molecule has 3 rings (SSSR count). The number of carbonyl (C=O) groups is 1. The van der Waals surface area contributed by atoms with Crippen LogP contribution in [0.4, 0.5) is 0 Å². The highest BCUT2D eigenvalue weighted by Gasteiger charge is 2.33. The third kappa shape index (κ3) is 4.17. The van der Waals surface area contributed by atoms with E-state index in [1.54, 1.807) is 48.5 Å². The quantitative estimate of drug-likeness (QED) is 0.654. The second-order valence-corrected chi connectivity index (χ2v) is 7.10. The van der Waals surface area contributed by atoms with Crippen molar-refractivity contribution in [2.45, 2.75) is 0 Å². The molecule has 4 heteroatoms. The van der Waals surface area contributed by atoms with Crippen molar-refractivity contribution in [1.82, 2.24) is 0 Å². The number of quaternary nitrogens is 1. The normalized spacial score (nSPS) is 20.2. The van der Waals surface area contributed by atoms with Gasteiger partial charge in [0.1, 0.15) is 24.6 Å². The van der Waals surface area contributed by atoms with E-state index in [-0.39, 0.29) is 17.3 Å². The second-order valence-electron chi connectivity index (χ2n) is 7.10. The van der Waals surface area contributed by atoms with Crippen molar-refractivity contribution in [1.29, 1.82) is 0 Å². The molecule has 1 aliphatic heterocycles. The van der Waals surface area contributed by atoms with E-state index in [1.165, 1.54) is 0 Å². The van der Waals surface area contributed by atoms with Gasteiger partial charge < -0.3 is 14.7 Å². The molecule has 0 radical (unpaired) electrons. The number of phenolic OH excluding ortho intramolecular Hbond substituents is 2. The van der Waals surface area contributed by atoms with Crippen LogP contribution in [0.2, 0.25) is 0 Å². The Hall–Kier alpha value is -2.85. The van der Waals surface area contributed by atoms with Crippen molar-refractivity contribution < 1.29 is 19.5 Å². The summed E-state index contributed by atoms with van der Waals surface area (Å²) in [5, 5.41) is 18.8. The molecule has 0 bridgehead atoms. The Balaban J connectivity index is 1.96. The van der Waals surface area contributed by atoms with Gasteiger partial charge in [-0.2, -0.15) is 0 Å². The van der Waals surface area contributed by atoms with Crippen molar-refractivity contribution in [3.8, 4) is 11.5 Å². The largest absolute Gasteiger partial charge is 0.508 e. The number of piperidine rings is 1. The Morgan fingerprint density at radius 2 is 1.12 bits per heavy atom. The summed E-state index contributed by atoms with van der Waals surface area (Å²) >= 11 is 0. The van der Waals surface area contributed by atoms with Gasteiger partial charge in [-0.1, -0.05) is 24.3 Å². The maximum atomic E-state index is 12.9. The summed E-state index contributed by atoms with van der Waals surface area (Å²) in [5.41, 5.74) is 3.30. The molecule has 1 aliphatic rings. The van der Waals surface area contributed by atoms with E-state index >= 15 is 0 Å². The van der Waals surface area contributed by atoms with Crippen LogP contribution >= 0.6 is 0 Å². The number of hydrogen-bond acceptors (Lipinski definition) is 3. The lowest BCUT2D eigenvalue weighted by molar-refractivity contribution is -0.881. The average molecular weight is 336 g/mol. The highest BCUT2D eigenvalue weighted by atomic mass is 16.3. The van der Waals surface area contributed by atoms with Crippen LogP contribution in [0.25, 0.3) is 12.2 Å². The fourth-order valence-corrected chi connectivity index (χ4v) is 3.09. The number of phenols is 2. The Bertz CT molecular complexity index is 774. The first-order chi connectivity index (χ1) is 11.8. The molecule has 2 aromatic carbocycles. The van der Waals surface area contributed by atoms with Crippen LogP contribution in [0.5, 0.6) is 11.5 Å². The third-order valence-electron chi connectivity index (χ3n) is 4.25. The molecule has 1 saturated heterocycles. The van der Waals surface area contributed by atoms with E-state index < -0.39 is 0 Å². The Morgan fingerprint density at radius 3 is 1.48 bits per heavy atom. The number of aromatic hydroxyl groups is 2. The number of benzene rings is 2. The summed E-state index contributed by atoms with van der Waals surface area (Å²) in [6.45, 7) is 1.32. The number of Topliss-reactive ketones (excluding diaryl/α,β-unsaturated/α-hetero) is 1. The molecule has 2 N–H and O–H groups in total. The van der Waals surface area contributed by atoms with Gasteiger partial charge in [0, 0.05) is 0 Å². The van der Waals surface area contributed by atoms with Gasteiger partial charge in [0.15, 0.2) is 5.78 Å². The van der Waals surface area contributed by atoms with Crippen molar-refractivity contribution in [3.05, 3.63) is 70.8 Å². The summed E-state index contributed by atoms with van der Waals surface area (Å²) < 4.78 is 0.694. The van der Waals surface area contributed by atoms with Gasteiger partial charge in [-0.15, -0.1) is 0 Å². The zero-order valence-corrected chi connectivity index (χ0v) is 14.4. The fourth-order valence-electron chi connectivity index (χ4n) is 3.09. The lowest BCUT2D eigenvalue weighted by Crippen LogP contribution is -2.48. The predicted octanol–water partition coefficient (Wildman–Crippen LogP) is 3.22. The molecule has 1 heterocycles. The standard InChI is InChI=1S/C21H21NO3/c1-22(2)13-17(11-15-3-7-19(23)8-4-15)21(25)18(14-22)12-16-5-9-20(24)10-6-16/h3-12H,13-14H2,1-2H3,(H-,23,24,25)/p+1. The van der Waals surface area contributed by atoms with Gasteiger partial charge in [0.25, 0.3) is 0 Å². The Kier molecular flexibility index (Phi) is 4.47. The highest BCUT2D eigenvalue weighted by molar-refractivity contribution is 6.14. The van der Waals surface area contributed by atoms with Gasteiger partial charge in [0.2, 0.25) is 0 Å². The van der Waals surface area contributed by atoms with E-state index in [0.29, 0.717) is 17.6 Å². The first-order valence-corrected chi connectivity index (χ1v) is 8.18. The third-order valence-corrected chi connectivity index (χ3v) is 4.25. The summed E-state index contributed by atoms with van der Waals surface area (Å²) in [5.74, 6) is 0.473. The first-order valence-electron chi connectivity index (χ1n) is 8.18. The van der Waals surface area contributed by atoms with Gasteiger partial charge >= 0.3 is 0 Å². The molecule has 0 unspecified atom stereocenters. The summed E-state index contributed by atoms with van der Waals surface area (Å²) in [6.07, 6.45) is 3.79. The molecule has 0 aromatic heterocycles. The highest BCUT2D eigenvalue weighted by Crippen LogP contribution is 2.25. The molecule has 4 nitrogen and oxygen atoms in total. The van der Waals surface area contributed by atoms with Gasteiger partial charge in [-0.3, -0.25) is 4.79 Å². The smallest absolute Gasteiger partial charge is 0.196 e. The molecule has 0 aliphatic carbocycles. The lowest BCUT2D eigenvalue weighted by Gasteiger charge is -2.35. The van der Waals surface area contributed by atoms with E-state index in [0.717, 1.165) is 22.3 Å². The predicted molar refractivity (Wildman–Crippen MR) is 99.0 cm³/mol. The molecule has 0 spiro atoms. The van der Waals surface area contributed by atoms with E-state index in [9.17, 15) is 15.0 Å². The lowest BCUT2D eigenvalue weighted by atomic mass is 9.93. The number of hydrogen-bond donors (Lipinski definition) is 2. The molecule has 0 atom stereocenters. The van der Waals surface area contributed by atoms with Crippen molar-refractivity contribution in [2.24, 2.45) is 0 Å². The minimum absolute atomic E-state index is 0.0543. The molecule has 2 aromatic rings. The maximum absolute atomic E-state index is 12.9. The van der Waals surface area contributed by atoms with Gasteiger partial charge in [0.05, 0.1) is 25.2 Å². The van der Waals surface area contributed by atoms with Gasteiger partial charge in [-0.25, -0.2) is 0 Å². The van der Waals surface area contributed by atoms with Crippen molar-refractivity contribution in [3.63, 3.8) is 0 Å².